The Balaban J connectivity index is 0.000000200. The lowest BCUT2D eigenvalue weighted by Crippen LogP contribution is -1.85. The smallest absolute Gasteiger partial charge is 0.0451 e. The van der Waals surface area contributed by atoms with Crippen LogP contribution in [0.1, 0.15) is 95.8 Å². The van der Waals surface area contributed by atoms with Crippen molar-refractivity contribution in [3.8, 4) is 30.6 Å². The van der Waals surface area contributed by atoms with E-state index in [0.29, 0.717) is 0 Å². The molecule has 5 rings (SSSR count). The number of thiophene rings is 4. The van der Waals surface area contributed by atoms with Gasteiger partial charge in [-0.25, -0.2) is 0 Å². The van der Waals surface area contributed by atoms with Crippen molar-refractivity contribution in [1.82, 2.24) is 0 Å². The predicted molar refractivity (Wildman–Crippen MR) is 195 cm³/mol. The van der Waals surface area contributed by atoms with Crippen LogP contribution in [-0.2, 0) is 12.8 Å². The lowest BCUT2D eigenvalue weighted by atomic mass is 10.1. The first-order chi connectivity index (χ1) is 20.4. The van der Waals surface area contributed by atoms with E-state index in [1.807, 2.05) is 45.3 Å². The lowest BCUT2D eigenvalue weighted by Gasteiger charge is -1.99. The van der Waals surface area contributed by atoms with Crippen LogP contribution in [0.5, 0.6) is 0 Å². The van der Waals surface area contributed by atoms with Crippen LogP contribution in [0.4, 0.5) is 0 Å². The van der Waals surface area contributed by atoms with Gasteiger partial charge < -0.3 is 0 Å². The zero-order valence-corrected chi connectivity index (χ0v) is 29.7. The molecule has 0 aliphatic rings. The normalized spacial score (nSPS) is 11.1. The molecule has 0 aliphatic carbocycles. The molecule has 0 nitrogen and oxygen atoms in total. The number of hydrogen-bond donors (Lipinski definition) is 0. The molecule has 0 unspecified atom stereocenters. The summed E-state index contributed by atoms with van der Waals surface area (Å²) in [5, 5.41) is 0. The third kappa shape index (κ3) is 9.26. The molecule has 4 heterocycles. The Labute approximate surface area is 271 Å². The standard InChI is InChI=1S/C22H34S2.C16H14S2/c1-5-7-9-11-13-19-15-21(23-17(19)3)22-16-20(18(4)24-22)14-12-10-8-6-2;1-11-8-9-15(17-11)16-10-14(12(2)18-16)13-6-4-3-5-7-13/h15-16H,5-14H2,1-4H3;3-10H,1-2H3. The zero-order chi connectivity index (χ0) is 29.9. The van der Waals surface area contributed by atoms with Crippen LogP contribution >= 0.6 is 45.3 Å². The van der Waals surface area contributed by atoms with Crippen LogP contribution in [0.3, 0.4) is 0 Å². The zero-order valence-electron chi connectivity index (χ0n) is 26.5. The Morgan fingerprint density at radius 2 is 1.00 bits per heavy atom. The van der Waals surface area contributed by atoms with Gasteiger partial charge in [-0.2, -0.15) is 0 Å². The van der Waals surface area contributed by atoms with Gasteiger partial charge in [0.25, 0.3) is 0 Å². The molecule has 0 spiro atoms. The maximum Gasteiger partial charge on any atom is 0.0451 e. The quantitative estimate of drug-likeness (QED) is 0.113. The maximum absolute atomic E-state index is 2.47. The van der Waals surface area contributed by atoms with Crippen molar-refractivity contribution in [2.45, 2.75) is 106 Å². The number of hydrogen-bond acceptors (Lipinski definition) is 4. The summed E-state index contributed by atoms with van der Waals surface area (Å²) in [6.45, 7) is 13.5. The van der Waals surface area contributed by atoms with Gasteiger partial charge in [0.15, 0.2) is 0 Å². The van der Waals surface area contributed by atoms with E-state index in [0.717, 1.165) is 0 Å². The molecule has 0 saturated carbocycles. The van der Waals surface area contributed by atoms with E-state index < -0.39 is 0 Å². The van der Waals surface area contributed by atoms with E-state index in [9.17, 15) is 0 Å². The second-order valence-corrected chi connectivity index (χ2v) is 16.4. The molecule has 0 aliphatic heterocycles. The van der Waals surface area contributed by atoms with Gasteiger partial charge in [-0.3, -0.25) is 0 Å². The predicted octanol–water partition coefficient (Wildman–Crippen LogP) is 14.1. The summed E-state index contributed by atoms with van der Waals surface area (Å²) in [6, 6.07) is 22.3. The molecule has 0 N–H and O–H groups in total. The summed E-state index contributed by atoms with van der Waals surface area (Å²) in [5.41, 5.74) is 5.84. The van der Waals surface area contributed by atoms with Crippen molar-refractivity contribution in [2.75, 3.05) is 0 Å². The van der Waals surface area contributed by atoms with Crippen LogP contribution < -0.4 is 0 Å². The summed E-state index contributed by atoms with van der Waals surface area (Å²) in [4.78, 5) is 11.6. The van der Waals surface area contributed by atoms with Crippen molar-refractivity contribution in [2.24, 2.45) is 0 Å². The van der Waals surface area contributed by atoms with Crippen LogP contribution in [0.15, 0.2) is 60.7 Å². The highest BCUT2D eigenvalue weighted by Crippen LogP contribution is 2.40. The van der Waals surface area contributed by atoms with E-state index >= 15 is 0 Å². The molecule has 0 atom stereocenters. The van der Waals surface area contributed by atoms with E-state index in [1.165, 1.54) is 114 Å². The van der Waals surface area contributed by atoms with E-state index in [1.54, 1.807) is 11.1 Å². The minimum Gasteiger partial charge on any atom is -0.140 e. The van der Waals surface area contributed by atoms with Crippen LogP contribution in [0, 0.1) is 27.7 Å². The van der Waals surface area contributed by atoms with Gasteiger partial charge in [0, 0.05) is 39.0 Å². The highest BCUT2D eigenvalue weighted by molar-refractivity contribution is 7.22. The highest BCUT2D eigenvalue weighted by atomic mass is 32.1. The Hall–Kier alpha value is -1.98. The number of unbranched alkanes of at least 4 members (excludes halogenated alkanes) is 6. The molecule has 0 radical (unpaired) electrons. The average Bonchev–Trinajstić information content (AvgIpc) is 3.77. The second kappa shape index (κ2) is 16.8. The largest absolute Gasteiger partial charge is 0.140 e. The fourth-order valence-corrected chi connectivity index (χ4v) is 9.54. The highest BCUT2D eigenvalue weighted by Gasteiger charge is 2.12. The van der Waals surface area contributed by atoms with Crippen molar-refractivity contribution in [3.05, 3.63) is 91.3 Å². The summed E-state index contributed by atoms with van der Waals surface area (Å²) >= 11 is 7.75. The molecular formula is C38H48S4. The first-order valence-corrected chi connectivity index (χ1v) is 19.1. The number of aryl methyl sites for hydroxylation is 6. The first kappa shape index (κ1) is 32.9. The summed E-state index contributed by atoms with van der Waals surface area (Å²) in [5.74, 6) is 0. The molecule has 1 aromatic carbocycles. The van der Waals surface area contributed by atoms with Gasteiger partial charge in [-0.05, 0) is 106 Å². The summed E-state index contributed by atoms with van der Waals surface area (Å²) < 4.78 is 0. The Morgan fingerprint density at radius 1 is 0.476 bits per heavy atom. The molecule has 4 aromatic heterocycles. The van der Waals surface area contributed by atoms with Crippen LogP contribution in [0.25, 0.3) is 30.6 Å². The SMILES string of the molecule is CCCCCCc1cc(-c2cc(CCCCCC)c(C)s2)sc1C.Cc1ccc(-c2cc(-c3ccccc3)c(C)s2)s1. The monoisotopic (exact) mass is 632 g/mol. The molecule has 5 aromatic rings. The Morgan fingerprint density at radius 3 is 1.50 bits per heavy atom. The van der Waals surface area contributed by atoms with Gasteiger partial charge in [-0.1, -0.05) is 82.7 Å². The van der Waals surface area contributed by atoms with E-state index in [4.69, 9.17) is 0 Å². The molecule has 0 fully saturated rings. The average molecular weight is 633 g/mol. The van der Waals surface area contributed by atoms with Gasteiger partial charge >= 0.3 is 0 Å². The molecule has 0 amide bonds. The third-order valence-corrected chi connectivity index (χ3v) is 12.5. The molecule has 4 heteroatoms. The molecular weight excluding hydrogens is 585 g/mol. The van der Waals surface area contributed by atoms with Crippen molar-refractivity contribution in [1.29, 1.82) is 0 Å². The lowest BCUT2D eigenvalue weighted by molar-refractivity contribution is 0.666. The summed E-state index contributed by atoms with van der Waals surface area (Å²) in [7, 11) is 0. The Bertz CT molecular complexity index is 1440. The topological polar surface area (TPSA) is 0 Å². The van der Waals surface area contributed by atoms with Crippen LogP contribution in [-0.4, -0.2) is 0 Å². The number of rotatable bonds is 13. The fraction of sp³-hybridized carbons (Fsp3) is 0.421. The van der Waals surface area contributed by atoms with Gasteiger partial charge in [0.05, 0.1) is 0 Å². The second-order valence-electron chi connectivity index (χ2n) is 11.4. The van der Waals surface area contributed by atoms with Crippen molar-refractivity contribution >= 4 is 45.3 Å². The maximum atomic E-state index is 2.47. The third-order valence-electron chi connectivity index (χ3n) is 7.87. The first-order valence-electron chi connectivity index (χ1n) is 15.8. The minimum atomic E-state index is 1.26. The van der Waals surface area contributed by atoms with Crippen molar-refractivity contribution < 1.29 is 0 Å². The van der Waals surface area contributed by atoms with Gasteiger partial charge in [-0.15, -0.1) is 45.3 Å². The van der Waals surface area contributed by atoms with Gasteiger partial charge in [0.2, 0.25) is 0 Å². The van der Waals surface area contributed by atoms with Crippen molar-refractivity contribution in [3.63, 3.8) is 0 Å². The molecule has 0 bridgehead atoms. The molecule has 224 valence electrons. The Kier molecular flexibility index (Phi) is 13.1. The van der Waals surface area contributed by atoms with E-state index in [-0.39, 0.29) is 0 Å². The molecule has 42 heavy (non-hydrogen) atoms. The van der Waals surface area contributed by atoms with Crippen LogP contribution in [0.2, 0.25) is 0 Å². The van der Waals surface area contributed by atoms with E-state index in [2.05, 4.69) is 102 Å². The summed E-state index contributed by atoms with van der Waals surface area (Å²) in [6.07, 6.45) is 13.4. The van der Waals surface area contributed by atoms with Gasteiger partial charge in [0.1, 0.15) is 0 Å². The number of benzene rings is 1. The fourth-order valence-electron chi connectivity index (χ4n) is 5.34. The minimum absolute atomic E-state index is 1.26. The molecule has 0 saturated heterocycles.